The lowest BCUT2D eigenvalue weighted by Gasteiger charge is -2.20. The van der Waals surface area contributed by atoms with Crippen LogP contribution >= 0.6 is 0 Å². The number of benzene rings is 1. The largest absolute Gasteiger partial charge is 0.486 e. The highest BCUT2D eigenvalue weighted by Gasteiger charge is 2.17. The van der Waals surface area contributed by atoms with E-state index in [0.717, 1.165) is 5.56 Å². The van der Waals surface area contributed by atoms with Crippen molar-refractivity contribution in [2.75, 3.05) is 6.61 Å². The topological polar surface area (TPSA) is 64.4 Å². The number of hydrogen-bond donors (Lipinski definition) is 1. The minimum Gasteiger partial charge on any atom is -0.486 e. The Morgan fingerprint density at radius 3 is 2.70 bits per heavy atom. The highest BCUT2D eigenvalue weighted by atomic mass is 16.6. The van der Waals surface area contributed by atoms with Crippen LogP contribution in [0.3, 0.4) is 0 Å². The van der Waals surface area contributed by atoms with Crippen LogP contribution in [0.2, 0.25) is 0 Å². The van der Waals surface area contributed by atoms with E-state index in [-0.39, 0.29) is 23.6 Å². The van der Waals surface area contributed by atoms with Gasteiger partial charge in [-0.05, 0) is 32.4 Å². The fourth-order valence-electron chi connectivity index (χ4n) is 1.52. The molecule has 108 valence electrons. The second kappa shape index (κ2) is 6.92. The maximum absolute atomic E-state index is 11.1. The molecular weight excluding hydrogens is 256 g/mol. The van der Waals surface area contributed by atoms with Gasteiger partial charge in [0, 0.05) is 24.6 Å². The molecule has 0 atom stereocenters. The number of nitro groups is 1. The van der Waals surface area contributed by atoms with Crippen molar-refractivity contribution in [2.45, 2.75) is 39.3 Å². The monoisotopic (exact) mass is 276 g/mol. The molecule has 0 spiro atoms. The highest BCUT2D eigenvalue weighted by molar-refractivity contribution is 5.48. The predicted octanol–water partition coefficient (Wildman–Crippen LogP) is 2.89. The lowest BCUT2D eigenvalue weighted by Crippen LogP contribution is -2.35. The van der Waals surface area contributed by atoms with Gasteiger partial charge in [0.25, 0.3) is 0 Å². The molecule has 0 aromatic heterocycles. The first kappa shape index (κ1) is 16.0. The molecule has 0 saturated carbocycles. The lowest BCUT2D eigenvalue weighted by molar-refractivity contribution is -0.385. The molecule has 1 N–H and O–H groups in total. The molecule has 0 heterocycles. The van der Waals surface area contributed by atoms with Crippen molar-refractivity contribution in [3.05, 3.63) is 33.9 Å². The molecule has 1 aromatic rings. The van der Waals surface area contributed by atoms with Gasteiger partial charge in [-0.15, -0.1) is 12.3 Å². The Morgan fingerprint density at radius 1 is 1.45 bits per heavy atom. The third-order valence-corrected chi connectivity index (χ3v) is 2.55. The SMILES string of the molecule is C#CCCOc1ccc(CNC(C)(C)C)cc1[N+](=O)[O-]. The summed E-state index contributed by atoms with van der Waals surface area (Å²) in [4.78, 5) is 10.6. The van der Waals surface area contributed by atoms with E-state index in [9.17, 15) is 10.1 Å². The fraction of sp³-hybridized carbons (Fsp3) is 0.467. The van der Waals surface area contributed by atoms with Crippen molar-refractivity contribution in [1.29, 1.82) is 0 Å². The third kappa shape index (κ3) is 5.29. The van der Waals surface area contributed by atoms with Crippen molar-refractivity contribution in [3.63, 3.8) is 0 Å². The van der Waals surface area contributed by atoms with Gasteiger partial charge in [0.2, 0.25) is 0 Å². The average Bonchev–Trinajstić information content (AvgIpc) is 2.36. The van der Waals surface area contributed by atoms with Crippen LogP contribution in [0.25, 0.3) is 0 Å². The molecule has 1 rings (SSSR count). The zero-order valence-corrected chi connectivity index (χ0v) is 12.1. The van der Waals surface area contributed by atoms with E-state index in [0.29, 0.717) is 13.0 Å². The molecule has 20 heavy (non-hydrogen) atoms. The van der Waals surface area contributed by atoms with Crippen LogP contribution in [-0.4, -0.2) is 17.1 Å². The Kier molecular flexibility index (Phi) is 5.53. The lowest BCUT2D eigenvalue weighted by atomic mass is 10.1. The fourth-order valence-corrected chi connectivity index (χ4v) is 1.52. The van der Waals surface area contributed by atoms with Crippen LogP contribution in [0.4, 0.5) is 5.69 Å². The van der Waals surface area contributed by atoms with E-state index in [4.69, 9.17) is 11.2 Å². The van der Waals surface area contributed by atoms with E-state index >= 15 is 0 Å². The molecular formula is C15H20N2O3. The van der Waals surface area contributed by atoms with Crippen LogP contribution < -0.4 is 10.1 Å². The summed E-state index contributed by atoms with van der Waals surface area (Å²) in [5, 5.41) is 14.4. The summed E-state index contributed by atoms with van der Waals surface area (Å²) in [6.07, 6.45) is 5.54. The van der Waals surface area contributed by atoms with Crippen molar-refractivity contribution >= 4 is 5.69 Å². The first-order valence-corrected chi connectivity index (χ1v) is 6.42. The molecule has 0 aliphatic rings. The molecule has 0 fully saturated rings. The molecule has 0 aliphatic heterocycles. The number of hydrogen-bond acceptors (Lipinski definition) is 4. The number of rotatable bonds is 6. The van der Waals surface area contributed by atoms with Gasteiger partial charge in [-0.1, -0.05) is 6.07 Å². The molecule has 1 aromatic carbocycles. The van der Waals surface area contributed by atoms with Crippen molar-refractivity contribution in [2.24, 2.45) is 0 Å². The minimum absolute atomic E-state index is 0.0322. The number of nitrogens with one attached hydrogen (secondary N) is 1. The molecule has 0 bridgehead atoms. The Balaban J connectivity index is 2.84. The Hall–Kier alpha value is -2.06. The van der Waals surface area contributed by atoms with E-state index in [1.807, 2.05) is 26.8 Å². The van der Waals surface area contributed by atoms with Crippen molar-refractivity contribution < 1.29 is 9.66 Å². The summed E-state index contributed by atoms with van der Waals surface area (Å²) in [6.45, 7) is 6.96. The highest BCUT2D eigenvalue weighted by Crippen LogP contribution is 2.28. The maximum atomic E-state index is 11.1. The molecule has 0 amide bonds. The van der Waals surface area contributed by atoms with Crippen molar-refractivity contribution in [3.8, 4) is 18.1 Å². The van der Waals surface area contributed by atoms with E-state index in [1.54, 1.807) is 6.07 Å². The maximum Gasteiger partial charge on any atom is 0.311 e. The van der Waals surface area contributed by atoms with Crippen LogP contribution in [0.15, 0.2) is 18.2 Å². The normalized spacial score (nSPS) is 10.9. The third-order valence-electron chi connectivity index (χ3n) is 2.55. The Bertz CT molecular complexity index is 513. The summed E-state index contributed by atoms with van der Waals surface area (Å²) in [5.41, 5.74) is 0.766. The zero-order chi connectivity index (χ0) is 15.2. The minimum atomic E-state index is -0.439. The van der Waals surface area contributed by atoms with Gasteiger partial charge in [-0.3, -0.25) is 10.1 Å². The Morgan fingerprint density at radius 2 is 2.15 bits per heavy atom. The van der Waals surface area contributed by atoms with E-state index in [1.165, 1.54) is 6.07 Å². The quantitative estimate of drug-likeness (QED) is 0.375. The molecule has 0 saturated heterocycles. The summed E-state index contributed by atoms with van der Waals surface area (Å²) < 4.78 is 5.33. The van der Waals surface area contributed by atoms with Crippen LogP contribution in [0.1, 0.15) is 32.8 Å². The van der Waals surface area contributed by atoms with Crippen LogP contribution in [-0.2, 0) is 6.54 Å². The zero-order valence-electron chi connectivity index (χ0n) is 12.1. The number of nitro benzene ring substituents is 1. The number of terminal acetylenes is 1. The number of ether oxygens (including phenoxy) is 1. The number of nitrogens with zero attached hydrogens (tertiary/aromatic N) is 1. The molecule has 0 aliphatic carbocycles. The van der Waals surface area contributed by atoms with Gasteiger partial charge in [0.1, 0.15) is 0 Å². The van der Waals surface area contributed by atoms with E-state index in [2.05, 4.69) is 11.2 Å². The molecule has 0 radical (unpaired) electrons. The van der Waals surface area contributed by atoms with E-state index < -0.39 is 4.92 Å². The van der Waals surface area contributed by atoms with Gasteiger partial charge >= 0.3 is 5.69 Å². The predicted molar refractivity (Wildman–Crippen MR) is 78.6 cm³/mol. The van der Waals surface area contributed by atoms with Gasteiger partial charge in [-0.25, -0.2) is 0 Å². The average molecular weight is 276 g/mol. The molecule has 5 heteroatoms. The van der Waals surface area contributed by atoms with Gasteiger partial charge in [0.05, 0.1) is 11.5 Å². The second-order valence-corrected chi connectivity index (χ2v) is 5.47. The van der Waals surface area contributed by atoms with Gasteiger partial charge in [0.15, 0.2) is 5.75 Å². The first-order valence-electron chi connectivity index (χ1n) is 6.42. The summed E-state index contributed by atoms with van der Waals surface area (Å²) in [6, 6.07) is 4.97. The summed E-state index contributed by atoms with van der Waals surface area (Å²) >= 11 is 0. The molecule has 0 unspecified atom stereocenters. The van der Waals surface area contributed by atoms with Crippen molar-refractivity contribution in [1.82, 2.24) is 5.32 Å². The molecule has 5 nitrogen and oxygen atoms in total. The smallest absolute Gasteiger partial charge is 0.311 e. The van der Waals surface area contributed by atoms with Crippen LogP contribution in [0, 0.1) is 22.5 Å². The van der Waals surface area contributed by atoms with Gasteiger partial charge < -0.3 is 10.1 Å². The van der Waals surface area contributed by atoms with Crippen LogP contribution in [0.5, 0.6) is 5.75 Å². The standard InChI is InChI=1S/C15H20N2O3/c1-5-6-9-20-14-8-7-12(10-13(14)17(18)19)11-16-15(2,3)4/h1,7-8,10,16H,6,9,11H2,2-4H3. The first-order chi connectivity index (χ1) is 9.33. The summed E-state index contributed by atoms with van der Waals surface area (Å²) in [5.74, 6) is 2.68. The van der Waals surface area contributed by atoms with Gasteiger partial charge in [-0.2, -0.15) is 0 Å². The summed E-state index contributed by atoms with van der Waals surface area (Å²) in [7, 11) is 0. The second-order valence-electron chi connectivity index (χ2n) is 5.47. The Labute approximate surface area is 119 Å².